The fourth-order valence-electron chi connectivity index (χ4n) is 10.3. The van der Waals surface area contributed by atoms with Crippen molar-refractivity contribution in [2.24, 2.45) is 23.7 Å². The molecule has 0 aliphatic carbocycles. The van der Waals surface area contributed by atoms with Crippen molar-refractivity contribution >= 4 is 39.5 Å². The molecule has 0 aromatic carbocycles. The van der Waals surface area contributed by atoms with Gasteiger partial charge in [0.15, 0.2) is 12.2 Å². The molecule has 0 aliphatic rings. The Morgan fingerprint density at radius 3 is 0.705 bits per heavy atom. The van der Waals surface area contributed by atoms with Gasteiger partial charge in [-0.25, -0.2) is 9.13 Å². The highest BCUT2D eigenvalue weighted by Gasteiger charge is 2.30. The number of aliphatic hydroxyl groups is 1. The van der Waals surface area contributed by atoms with Crippen LogP contribution in [0.25, 0.3) is 0 Å². The zero-order valence-electron chi connectivity index (χ0n) is 57.3. The van der Waals surface area contributed by atoms with Gasteiger partial charge in [0.2, 0.25) is 0 Å². The second-order valence-corrected chi connectivity index (χ2v) is 29.7. The van der Waals surface area contributed by atoms with Gasteiger partial charge in [-0.15, -0.1) is 0 Å². The van der Waals surface area contributed by atoms with Gasteiger partial charge in [0.25, 0.3) is 0 Å². The predicted molar refractivity (Wildman–Crippen MR) is 354 cm³/mol. The van der Waals surface area contributed by atoms with Crippen molar-refractivity contribution < 1.29 is 80.2 Å². The molecule has 0 heterocycles. The number of phosphoric acid groups is 2. The fourth-order valence-corrected chi connectivity index (χ4v) is 11.9. The molecule has 17 nitrogen and oxygen atoms in total. The first-order valence-corrected chi connectivity index (χ1v) is 38.7. The van der Waals surface area contributed by atoms with Crippen molar-refractivity contribution in [3.8, 4) is 0 Å². The Balaban J connectivity index is 5.18. The Morgan fingerprint density at radius 1 is 0.284 bits per heavy atom. The van der Waals surface area contributed by atoms with E-state index in [1.807, 2.05) is 0 Å². The molecule has 5 atom stereocenters. The highest BCUT2D eigenvalue weighted by Crippen LogP contribution is 2.45. The summed E-state index contributed by atoms with van der Waals surface area (Å²) in [6, 6.07) is 0. The molecule has 0 spiro atoms. The number of aliphatic hydroxyl groups excluding tert-OH is 1. The van der Waals surface area contributed by atoms with E-state index < -0.39 is 97.5 Å². The first kappa shape index (κ1) is 86.1. The average molecular weight is 1300 g/mol. The molecule has 0 aromatic rings. The minimum Gasteiger partial charge on any atom is -0.462 e. The number of carbonyl (C=O) groups excluding carboxylic acids is 4. The summed E-state index contributed by atoms with van der Waals surface area (Å²) in [5, 5.41) is 10.6. The number of carbonyl (C=O) groups is 4. The lowest BCUT2D eigenvalue weighted by molar-refractivity contribution is -0.161. The largest absolute Gasteiger partial charge is 0.472 e. The molecule has 0 aliphatic heterocycles. The number of hydrogen-bond donors (Lipinski definition) is 3. The second kappa shape index (κ2) is 58.8. The van der Waals surface area contributed by atoms with E-state index in [0.29, 0.717) is 43.4 Å². The van der Waals surface area contributed by atoms with E-state index in [1.54, 1.807) is 0 Å². The molecule has 88 heavy (non-hydrogen) atoms. The standard InChI is InChI=1S/C69H134O17P2/c1-59(2)45-37-29-21-17-15-13-11-9-10-12-14-16-18-24-35-43-51-68(73)85-64(55-79-66(71)49-41-33-25-19-22-30-38-46-60(3)4)57-83-87(75,76)81-53-63(70)54-82-88(77,78)84-58-65(86-69(74)52-44-36-28-27-32-40-48-62(7)8)56-80-67(72)50-42-34-26-20-23-31-39-47-61(5)6/h59-65,70H,9-58H2,1-8H3,(H,75,76)(H,77,78)/t63?,64-,65-/m1/s1. The van der Waals surface area contributed by atoms with Crippen LogP contribution in [0.1, 0.15) is 338 Å². The summed E-state index contributed by atoms with van der Waals surface area (Å²) in [5.41, 5.74) is 0. The van der Waals surface area contributed by atoms with Crippen LogP contribution in [0.5, 0.6) is 0 Å². The molecular weight excluding hydrogens is 1160 g/mol. The van der Waals surface area contributed by atoms with E-state index in [9.17, 15) is 43.2 Å². The van der Waals surface area contributed by atoms with Crippen LogP contribution in [0.4, 0.5) is 0 Å². The first-order chi connectivity index (χ1) is 42.1. The van der Waals surface area contributed by atoms with Gasteiger partial charge >= 0.3 is 39.5 Å². The Kier molecular flexibility index (Phi) is 57.6. The molecule has 0 bridgehead atoms. The zero-order chi connectivity index (χ0) is 65.4. The molecule has 0 saturated heterocycles. The lowest BCUT2D eigenvalue weighted by Crippen LogP contribution is -2.30. The summed E-state index contributed by atoms with van der Waals surface area (Å²) in [6.07, 6.45) is 40.8. The van der Waals surface area contributed by atoms with Gasteiger partial charge in [-0.05, 0) is 49.4 Å². The summed E-state index contributed by atoms with van der Waals surface area (Å²) in [5.74, 6) is 0.751. The van der Waals surface area contributed by atoms with Crippen molar-refractivity contribution in [1.82, 2.24) is 0 Å². The van der Waals surface area contributed by atoms with Gasteiger partial charge in [-0.1, -0.05) is 287 Å². The summed E-state index contributed by atoms with van der Waals surface area (Å²) in [4.78, 5) is 72.4. The van der Waals surface area contributed by atoms with Crippen molar-refractivity contribution in [2.75, 3.05) is 39.6 Å². The molecule has 3 N–H and O–H groups in total. The summed E-state index contributed by atoms with van der Waals surface area (Å²) in [7, 11) is -9.90. The Hall–Kier alpha value is -1.94. The van der Waals surface area contributed by atoms with E-state index in [1.165, 1.54) is 128 Å². The number of ether oxygens (including phenoxy) is 4. The van der Waals surface area contributed by atoms with Crippen LogP contribution < -0.4 is 0 Å². The maximum atomic E-state index is 13.0. The Bertz CT molecular complexity index is 1750. The minimum absolute atomic E-state index is 0.101. The monoisotopic (exact) mass is 1300 g/mol. The fraction of sp³-hybridized carbons (Fsp3) is 0.942. The number of unbranched alkanes of at least 4 members (excludes halogenated alkanes) is 32. The van der Waals surface area contributed by atoms with Crippen LogP contribution in [0.2, 0.25) is 0 Å². The molecule has 522 valence electrons. The molecule has 0 fully saturated rings. The van der Waals surface area contributed by atoms with Crippen LogP contribution >= 0.6 is 15.6 Å². The van der Waals surface area contributed by atoms with Crippen LogP contribution in [-0.2, 0) is 65.4 Å². The summed E-state index contributed by atoms with van der Waals surface area (Å²) >= 11 is 0. The average Bonchev–Trinajstić information content (AvgIpc) is 3.65. The summed E-state index contributed by atoms with van der Waals surface area (Å²) < 4.78 is 68.1. The molecule has 0 rings (SSSR count). The highest BCUT2D eigenvalue weighted by atomic mass is 31.2. The van der Waals surface area contributed by atoms with E-state index in [2.05, 4.69) is 55.4 Å². The Morgan fingerprint density at radius 2 is 0.477 bits per heavy atom. The van der Waals surface area contributed by atoms with Gasteiger partial charge in [0.05, 0.1) is 26.4 Å². The van der Waals surface area contributed by atoms with E-state index >= 15 is 0 Å². The van der Waals surface area contributed by atoms with Crippen LogP contribution in [-0.4, -0.2) is 96.7 Å². The normalized spacial score (nSPS) is 14.3. The summed E-state index contributed by atoms with van der Waals surface area (Å²) in [6.45, 7) is 14.0. The molecular formula is C69H134O17P2. The minimum atomic E-state index is -4.95. The second-order valence-electron chi connectivity index (χ2n) is 26.8. The number of esters is 4. The quantitative estimate of drug-likeness (QED) is 0.0222. The van der Waals surface area contributed by atoms with Crippen molar-refractivity contribution in [1.29, 1.82) is 0 Å². The third-order valence-corrected chi connectivity index (χ3v) is 17.7. The van der Waals surface area contributed by atoms with Gasteiger partial charge in [-0.2, -0.15) is 0 Å². The number of phosphoric ester groups is 2. The van der Waals surface area contributed by atoms with Gasteiger partial charge in [-0.3, -0.25) is 37.3 Å². The molecule has 3 unspecified atom stereocenters. The van der Waals surface area contributed by atoms with E-state index in [0.717, 1.165) is 109 Å². The number of rotatable bonds is 66. The topological polar surface area (TPSA) is 237 Å². The SMILES string of the molecule is CC(C)CCCCCCCCCCCCCCCCCCC(=O)O[C@H](COC(=O)CCCCCCCCCC(C)C)COP(=O)(O)OCC(O)COP(=O)(O)OC[C@@H](COC(=O)CCCCCCCCCC(C)C)OC(=O)CCCCCCCCC(C)C. The van der Waals surface area contributed by atoms with Crippen molar-refractivity contribution in [3.63, 3.8) is 0 Å². The molecule has 0 radical (unpaired) electrons. The van der Waals surface area contributed by atoms with Crippen LogP contribution in [0.3, 0.4) is 0 Å². The zero-order valence-corrected chi connectivity index (χ0v) is 59.1. The van der Waals surface area contributed by atoms with Crippen LogP contribution in [0.15, 0.2) is 0 Å². The number of hydrogen-bond acceptors (Lipinski definition) is 15. The highest BCUT2D eigenvalue weighted by molar-refractivity contribution is 7.47. The van der Waals surface area contributed by atoms with E-state index in [4.69, 9.17) is 37.0 Å². The van der Waals surface area contributed by atoms with Gasteiger partial charge in [0.1, 0.15) is 19.3 Å². The lowest BCUT2D eigenvalue weighted by atomic mass is 10.0. The van der Waals surface area contributed by atoms with E-state index in [-0.39, 0.29) is 25.7 Å². The smallest absolute Gasteiger partial charge is 0.462 e. The van der Waals surface area contributed by atoms with Gasteiger partial charge in [0, 0.05) is 25.7 Å². The Labute approximate surface area is 537 Å². The van der Waals surface area contributed by atoms with Crippen LogP contribution in [0, 0.1) is 23.7 Å². The maximum absolute atomic E-state index is 13.0. The van der Waals surface area contributed by atoms with Crippen molar-refractivity contribution in [2.45, 2.75) is 356 Å². The predicted octanol–water partition coefficient (Wildman–Crippen LogP) is 19.3. The third kappa shape index (κ3) is 62.8. The van der Waals surface area contributed by atoms with Gasteiger partial charge < -0.3 is 33.8 Å². The molecule has 0 saturated carbocycles. The maximum Gasteiger partial charge on any atom is 0.472 e. The molecule has 19 heteroatoms. The third-order valence-electron chi connectivity index (χ3n) is 15.8. The first-order valence-electron chi connectivity index (χ1n) is 35.7. The molecule has 0 amide bonds. The molecule has 0 aromatic heterocycles. The lowest BCUT2D eigenvalue weighted by Gasteiger charge is -2.21. The van der Waals surface area contributed by atoms with Crippen molar-refractivity contribution in [3.05, 3.63) is 0 Å².